The fourth-order valence-corrected chi connectivity index (χ4v) is 1.77. The molecule has 0 aliphatic carbocycles. The van der Waals surface area contributed by atoms with Crippen LogP contribution in [0.4, 0.5) is 0 Å². The zero-order chi connectivity index (χ0) is 12.5. The molecule has 0 saturated heterocycles. The Kier molecular flexibility index (Phi) is 6.84. The minimum atomic E-state index is 0.301. The average Bonchev–Trinajstić information content (AvgIpc) is 2.74. The molecule has 1 heterocycles. The summed E-state index contributed by atoms with van der Waals surface area (Å²) in [5.41, 5.74) is 1.20. The molecule has 1 aromatic rings. The summed E-state index contributed by atoms with van der Waals surface area (Å²) in [7, 11) is 3.64. The van der Waals surface area contributed by atoms with E-state index in [1.54, 1.807) is 7.11 Å². The van der Waals surface area contributed by atoms with Gasteiger partial charge in [0.1, 0.15) is 0 Å². The van der Waals surface area contributed by atoms with E-state index in [0.29, 0.717) is 19.3 Å². The molecule has 0 aromatic carbocycles. The molecule has 1 atom stereocenters. The Bertz CT molecular complexity index is 302. The van der Waals surface area contributed by atoms with E-state index in [9.17, 15) is 0 Å². The van der Waals surface area contributed by atoms with Crippen molar-refractivity contribution >= 4 is 0 Å². The zero-order valence-electron chi connectivity index (χ0n) is 11.0. The van der Waals surface area contributed by atoms with Crippen molar-refractivity contribution < 1.29 is 9.47 Å². The maximum atomic E-state index is 5.49. The summed E-state index contributed by atoms with van der Waals surface area (Å²) in [4.78, 5) is 0. The molecule has 1 N–H and O–H groups in total. The largest absolute Gasteiger partial charge is 0.382 e. The van der Waals surface area contributed by atoms with E-state index in [-0.39, 0.29) is 0 Å². The first-order valence-electron chi connectivity index (χ1n) is 6.07. The van der Waals surface area contributed by atoms with Crippen LogP contribution in [0.25, 0.3) is 0 Å². The average molecular weight is 241 g/mol. The van der Waals surface area contributed by atoms with Gasteiger partial charge in [-0.25, -0.2) is 0 Å². The fourth-order valence-electron chi connectivity index (χ4n) is 1.77. The van der Waals surface area contributed by atoms with Gasteiger partial charge in [-0.2, -0.15) is 5.10 Å². The van der Waals surface area contributed by atoms with E-state index in [0.717, 1.165) is 19.6 Å². The predicted molar refractivity (Wildman–Crippen MR) is 66.9 cm³/mol. The Morgan fingerprint density at radius 2 is 2.24 bits per heavy atom. The number of aryl methyl sites for hydroxylation is 1. The number of methoxy groups -OCH3 is 1. The third-order valence-electron chi connectivity index (χ3n) is 2.65. The van der Waals surface area contributed by atoms with Gasteiger partial charge in [-0.15, -0.1) is 0 Å². The summed E-state index contributed by atoms with van der Waals surface area (Å²) in [6.45, 7) is 5.08. The minimum absolute atomic E-state index is 0.301. The molecule has 5 heteroatoms. The van der Waals surface area contributed by atoms with Crippen LogP contribution < -0.4 is 5.32 Å². The van der Waals surface area contributed by atoms with Gasteiger partial charge in [0.25, 0.3) is 0 Å². The molecule has 1 rings (SSSR count). The van der Waals surface area contributed by atoms with Crippen LogP contribution in [-0.2, 0) is 16.5 Å². The summed E-state index contributed by atoms with van der Waals surface area (Å²) in [6.07, 6.45) is 2.77. The van der Waals surface area contributed by atoms with Gasteiger partial charge < -0.3 is 14.8 Å². The van der Waals surface area contributed by atoms with Crippen LogP contribution in [0.2, 0.25) is 0 Å². The van der Waals surface area contributed by atoms with Crippen LogP contribution >= 0.6 is 0 Å². The minimum Gasteiger partial charge on any atom is -0.382 e. The van der Waals surface area contributed by atoms with Gasteiger partial charge in [-0.05, 0) is 19.0 Å². The highest BCUT2D eigenvalue weighted by molar-refractivity contribution is 5.06. The Labute approximate surface area is 103 Å². The Morgan fingerprint density at radius 3 is 2.82 bits per heavy atom. The standard InChI is InChI=1S/C12H23N3O2/c1-4-13-11(6-8-17-10-9-16-3)12-5-7-14-15(12)2/h5,7,11,13H,4,6,8-10H2,1-3H3. The number of hydrogen-bond acceptors (Lipinski definition) is 4. The maximum Gasteiger partial charge on any atom is 0.0700 e. The van der Waals surface area contributed by atoms with E-state index >= 15 is 0 Å². The van der Waals surface area contributed by atoms with E-state index in [4.69, 9.17) is 9.47 Å². The highest BCUT2D eigenvalue weighted by atomic mass is 16.5. The lowest BCUT2D eigenvalue weighted by Gasteiger charge is -2.18. The SMILES string of the molecule is CCNC(CCOCCOC)c1ccnn1C. The van der Waals surface area contributed by atoms with E-state index in [1.165, 1.54) is 5.69 Å². The molecule has 0 aliphatic heterocycles. The quantitative estimate of drug-likeness (QED) is 0.658. The lowest BCUT2D eigenvalue weighted by Crippen LogP contribution is -2.24. The molecule has 0 fully saturated rings. The monoisotopic (exact) mass is 241 g/mol. The van der Waals surface area contributed by atoms with Crippen LogP contribution in [0.1, 0.15) is 25.1 Å². The van der Waals surface area contributed by atoms with Crippen molar-refractivity contribution in [2.45, 2.75) is 19.4 Å². The number of rotatable bonds is 9. The highest BCUT2D eigenvalue weighted by Gasteiger charge is 2.13. The summed E-state index contributed by atoms with van der Waals surface area (Å²) in [5.74, 6) is 0. The Morgan fingerprint density at radius 1 is 1.41 bits per heavy atom. The van der Waals surface area contributed by atoms with E-state index in [1.807, 2.05) is 24.0 Å². The first kappa shape index (κ1) is 14.2. The molecule has 0 bridgehead atoms. The molecule has 0 radical (unpaired) electrons. The second kappa shape index (κ2) is 8.22. The number of ether oxygens (including phenoxy) is 2. The predicted octanol–water partition coefficient (Wildman–Crippen LogP) is 1.12. The lowest BCUT2D eigenvalue weighted by molar-refractivity contribution is 0.0655. The molecule has 5 nitrogen and oxygen atoms in total. The zero-order valence-corrected chi connectivity index (χ0v) is 11.0. The third kappa shape index (κ3) is 4.85. The topological polar surface area (TPSA) is 48.3 Å². The molecule has 1 aromatic heterocycles. The van der Waals surface area contributed by atoms with Crippen molar-refractivity contribution in [2.75, 3.05) is 33.5 Å². The highest BCUT2D eigenvalue weighted by Crippen LogP contribution is 2.15. The van der Waals surface area contributed by atoms with Crippen molar-refractivity contribution in [2.24, 2.45) is 7.05 Å². The summed E-state index contributed by atoms with van der Waals surface area (Å²) in [6, 6.07) is 2.35. The molecule has 0 spiro atoms. The smallest absolute Gasteiger partial charge is 0.0700 e. The molecule has 17 heavy (non-hydrogen) atoms. The molecule has 0 saturated carbocycles. The Balaban J connectivity index is 2.36. The number of nitrogens with zero attached hydrogens (tertiary/aromatic N) is 2. The molecule has 98 valence electrons. The van der Waals surface area contributed by atoms with Gasteiger partial charge in [0.2, 0.25) is 0 Å². The second-order valence-corrected chi connectivity index (χ2v) is 3.88. The van der Waals surface area contributed by atoms with Crippen molar-refractivity contribution in [3.8, 4) is 0 Å². The molecular formula is C12H23N3O2. The van der Waals surface area contributed by atoms with Crippen LogP contribution in [0.15, 0.2) is 12.3 Å². The van der Waals surface area contributed by atoms with Crippen molar-refractivity contribution in [3.05, 3.63) is 18.0 Å². The van der Waals surface area contributed by atoms with E-state index < -0.39 is 0 Å². The van der Waals surface area contributed by atoms with Gasteiger partial charge in [-0.1, -0.05) is 6.92 Å². The van der Waals surface area contributed by atoms with Crippen molar-refractivity contribution in [1.29, 1.82) is 0 Å². The molecule has 1 unspecified atom stereocenters. The molecular weight excluding hydrogens is 218 g/mol. The van der Waals surface area contributed by atoms with Crippen molar-refractivity contribution in [1.82, 2.24) is 15.1 Å². The summed E-state index contributed by atoms with van der Waals surface area (Å²) >= 11 is 0. The summed E-state index contributed by atoms with van der Waals surface area (Å²) < 4.78 is 12.3. The van der Waals surface area contributed by atoms with Crippen LogP contribution in [0.3, 0.4) is 0 Å². The fraction of sp³-hybridized carbons (Fsp3) is 0.750. The van der Waals surface area contributed by atoms with Crippen LogP contribution in [0, 0.1) is 0 Å². The van der Waals surface area contributed by atoms with Gasteiger partial charge in [-0.3, -0.25) is 4.68 Å². The maximum absolute atomic E-state index is 5.49. The Hall–Kier alpha value is -0.910. The number of nitrogens with one attached hydrogen (secondary N) is 1. The van der Waals surface area contributed by atoms with Crippen molar-refractivity contribution in [3.63, 3.8) is 0 Å². The second-order valence-electron chi connectivity index (χ2n) is 3.88. The van der Waals surface area contributed by atoms with Gasteiger partial charge in [0, 0.05) is 27.0 Å². The molecule has 0 amide bonds. The lowest BCUT2D eigenvalue weighted by atomic mass is 10.1. The third-order valence-corrected chi connectivity index (χ3v) is 2.65. The first-order chi connectivity index (χ1) is 8.29. The van der Waals surface area contributed by atoms with E-state index in [2.05, 4.69) is 17.3 Å². The van der Waals surface area contributed by atoms with Gasteiger partial charge >= 0.3 is 0 Å². The van der Waals surface area contributed by atoms with Crippen LogP contribution in [0.5, 0.6) is 0 Å². The van der Waals surface area contributed by atoms with Crippen LogP contribution in [-0.4, -0.2) is 43.3 Å². The van der Waals surface area contributed by atoms with Gasteiger partial charge in [0.05, 0.1) is 24.9 Å². The number of hydrogen-bond donors (Lipinski definition) is 1. The summed E-state index contributed by atoms with van der Waals surface area (Å²) in [5, 5.41) is 7.64. The first-order valence-corrected chi connectivity index (χ1v) is 6.07. The molecule has 0 aliphatic rings. The normalized spacial score (nSPS) is 12.9. The van der Waals surface area contributed by atoms with Gasteiger partial charge in [0.15, 0.2) is 0 Å². The number of aromatic nitrogens is 2.